The molecule has 1 aromatic heterocycles. The normalized spacial score (nSPS) is 21.8. The lowest BCUT2D eigenvalue weighted by Gasteiger charge is -2.30. The van der Waals surface area contributed by atoms with Gasteiger partial charge in [-0.3, -0.25) is 9.59 Å². The van der Waals surface area contributed by atoms with Crippen LogP contribution in [0.25, 0.3) is 6.08 Å². The fourth-order valence-electron chi connectivity index (χ4n) is 3.81. The van der Waals surface area contributed by atoms with Gasteiger partial charge in [-0.25, -0.2) is 4.98 Å². The van der Waals surface area contributed by atoms with Gasteiger partial charge in [-0.15, -0.1) is 0 Å². The van der Waals surface area contributed by atoms with Gasteiger partial charge in [-0.1, -0.05) is 30.3 Å². The highest BCUT2D eigenvalue weighted by atomic mass is 16.5. The van der Waals surface area contributed by atoms with Gasteiger partial charge >= 0.3 is 0 Å². The van der Waals surface area contributed by atoms with Crippen molar-refractivity contribution in [1.82, 2.24) is 14.8 Å². The lowest BCUT2D eigenvalue weighted by atomic mass is 10.1. The molecule has 0 spiro atoms. The number of hydrogen-bond donors (Lipinski definition) is 1. The maximum atomic E-state index is 13.1. The number of nitrogens with zero attached hydrogens (tertiary/aromatic N) is 3. The molecule has 2 saturated heterocycles. The summed E-state index contributed by atoms with van der Waals surface area (Å²) >= 11 is 0. The first kappa shape index (κ1) is 19.1. The largest absolute Gasteiger partial charge is 0.384 e. The topological polar surface area (TPSA) is 88.8 Å². The van der Waals surface area contributed by atoms with Crippen LogP contribution in [0.15, 0.2) is 54.7 Å². The first-order valence-electron chi connectivity index (χ1n) is 9.72. The van der Waals surface area contributed by atoms with Crippen LogP contribution in [0.5, 0.6) is 0 Å². The van der Waals surface area contributed by atoms with Crippen molar-refractivity contribution in [3.63, 3.8) is 0 Å². The smallest absolute Gasteiger partial charge is 0.255 e. The third-order valence-corrected chi connectivity index (χ3v) is 5.29. The Labute approximate surface area is 169 Å². The highest BCUT2D eigenvalue weighted by Crippen LogP contribution is 2.22. The molecular weight excluding hydrogens is 368 g/mol. The summed E-state index contributed by atoms with van der Waals surface area (Å²) in [6.07, 6.45) is 4.93. The van der Waals surface area contributed by atoms with Gasteiger partial charge in [0, 0.05) is 37.8 Å². The SMILES string of the molecule is Nc1ccc(C(=O)N2C[C@H]3COC[C@@H]2CN(C(=O)C=Cc2ccccc2)C3)cn1. The molecule has 2 atom stereocenters. The molecule has 2 aliphatic rings. The van der Waals surface area contributed by atoms with Crippen molar-refractivity contribution >= 4 is 23.7 Å². The standard InChI is InChI=1S/C22H24N4O3/c23-20-8-7-18(10-24-20)22(28)26-12-17-11-25(13-19(26)15-29-14-17)21(27)9-6-16-4-2-1-3-5-16/h1-10,17,19H,11-15H2,(H2,23,24)/t17-,19-/m0/s1. The predicted molar refractivity (Wildman–Crippen MR) is 110 cm³/mol. The number of hydrogen-bond acceptors (Lipinski definition) is 5. The molecule has 0 radical (unpaired) electrons. The minimum Gasteiger partial charge on any atom is -0.384 e. The highest BCUT2D eigenvalue weighted by Gasteiger charge is 2.37. The molecule has 1 aromatic carbocycles. The van der Waals surface area contributed by atoms with Gasteiger partial charge in [-0.05, 0) is 23.8 Å². The fraction of sp³-hybridized carbons (Fsp3) is 0.318. The number of pyridine rings is 1. The van der Waals surface area contributed by atoms with Crippen molar-refractivity contribution in [2.45, 2.75) is 6.04 Å². The van der Waals surface area contributed by atoms with E-state index in [1.165, 1.54) is 6.20 Å². The van der Waals surface area contributed by atoms with E-state index in [0.717, 1.165) is 5.56 Å². The van der Waals surface area contributed by atoms with Crippen molar-refractivity contribution in [3.8, 4) is 0 Å². The second-order valence-electron chi connectivity index (χ2n) is 7.47. The summed E-state index contributed by atoms with van der Waals surface area (Å²) < 4.78 is 5.77. The molecule has 0 unspecified atom stereocenters. The van der Waals surface area contributed by atoms with Crippen LogP contribution in [-0.2, 0) is 9.53 Å². The Morgan fingerprint density at radius 3 is 2.66 bits per heavy atom. The minimum absolute atomic E-state index is 0.0470. The second kappa shape index (κ2) is 8.45. The van der Waals surface area contributed by atoms with Gasteiger partial charge in [-0.2, -0.15) is 0 Å². The third kappa shape index (κ3) is 4.46. The van der Waals surface area contributed by atoms with Gasteiger partial charge in [0.1, 0.15) is 5.82 Å². The van der Waals surface area contributed by atoms with Gasteiger partial charge in [0.15, 0.2) is 0 Å². The van der Waals surface area contributed by atoms with Crippen LogP contribution in [0, 0.1) is 5.92 Å². The van der Waals surface area contributed by atoms with E-state index in [2.05, 4.69) is 4.98 Å². The first-order valence-corrected chi connectivity index (χ1v) is 9.72. The van der Waals surface area contributed by atoms with Crippen LogP contribution < -0.4 is 5.73 Å². The van der Waals surface area contributed by atoms with Crippen LogP contribution in [0.2, 0.25) is 0 Å². The van der Waals surface area contributed by atoms with Crippen molar-refractivity contribution in [2.75, 3.05) is 38.6 Å². The Kier molecular flexibility index (Phi) is 5.57. The van der Waals surface area contributed by atoms with E-state index < -0.39 is 0 Å². The zero-order chi connectivity index (χ0) is 20.2. The molecule has 2 aromatic rings. The van der Waals surface area contributed by atoms with Gasteiger partial charge in [0.05, 0.1) is 24.8 Å². The van der Waals surface area contributed by atoms with Crippen LogP contribution in [0.1, 0.15) is 15.9 Å². The van der Waals surface area contributed by atoms with E-state index in [1.807, 2.05) is 46.2 Å². The zero-order valence-electron chi connectivity index (χ0n) is 16.1. The molecular formula is C22H24N4O3. The summed E-state index contributed by atoms with van der Waals surface area (Å²) in [4.78, 5) is 33.5. The molecule has 29 heavy (non-hydrogen) atoms. The number of anilines is 1. The monoisotopic (exact) mass is 392 g/mol. The van der Waals surface area contributed by atoms with Crippen molar-refractivity contribution in [2.24, 2.45) is 5.92 Å². The molecule has 3 heterocycles. The predicted octanol–water partition coefficient (Wildman–Crippen LogP) is 1.68. The molecule has 4 rings (SSSR count). The zero-order valence-corrected chi connectivity index (χ0v) is 16.1. The summed E-state index contributed by atoms with van der Waals surface area (Å²) in [5.74, 6) is 0.296. The van der Waals surface area contributed by atoms with Crippen LogP contribution >= 0.6 is 0 Å². The number of aromatic nitrogens is 1. The quantitative estimate of drug-likeness (QED) is 0.803. The van der Waals surface area contributed by atoms with E-state index in [-0.39, 0.29) is 23.8 Å². The summed E-state index contributed by atoms with van der Waals surface area (Å²) in [5, 5.41) is 0. The molecule has 0 saturated carbocycles. The Bertz CT molecular complexity index is 898. The average Bonchev–Trinajstić information content (AvgIpc) is 3.04. The maximum absolute atomic E-state index is 13.1. The molecule has 7 nitrogen and oxygen atoms in total. The number of ether oxygens (including phenoxy) is 1. The molecule has 7 heteroatoms. The molecule has 2 amide bonds. The van der Waals surface area contributed by atoms with Gasteiger partial charge in [0.25, 0.3) is 5.91 Å². The average molecular weight is 392 g/mol. The number of nitrogen functional groups attached to an aromatic ring is 1. The number of fused-ring (bicyclic) bond motifs is 3. The first-order chi connectivity index (χ1) is 14.1. The van der Waals surface area contributed by atoms with Gasteiger partial charge < -0.3 is 20.3 Å². The fourth-order valence-corrected chi connectivity index (χ4v) is 3.81. The summed E-state index contributed by atoms with van der Waals surface area (Å²) in [5.41, 5.74) is 7.10. The van der Waals surface area contributed by atoms with Crippen molar-refractivity contribution < 1.29 is 14.3 Å². The molecule has 2 bridgehead atoms. The van der Waals surface area contributed by atoms with Gasteiger partial charge in [0.2, 0.25) is 5.91 Å². The molecule has 150 valence electrons. The third-order valence-electron chi connectivity index (χ3n) is 5.29. The van der Waals surface area contributed by atoms with Crippen molar-refractivity contribution in [3.05, 3.63) is 65.9 Å². The molecule has 2 aliphatic heterocycles. The van der Waals surface area contributed by atoms with E-state index in [1.54, 1.807) is 18.2 Å². The summed E-state index contributed by atoms with van der Waals surface area (Å²) in [6, 6.07) is 12.8. The lowest BCUT2D eigenvalue weighted by Crippen LogP contribution is -2.47. The highest BCUT2D eigenvalue weighted by molar-refractivity contribution is 5.95. The number of benzene rings is 1. The summed E-state index contributed by atoms with van der Waals surface area (Å²) in [7, 11) is 0. The van der Waals surface area contributed by atoms with Crippen molar-refractivity contribution in [1.29, 1.82) is 0 Å². The van der Waals surface area contributed by atoms with E-state index >= 15 is 0 Å². The van der Waals surface area contributed by atoms with E-state index in [0.29, 0.717) is 44.2 Å². The lowest BCUT2D eigenvalue weighted by molar-refractivity contribution is -0.127. The minimum atomic E-state index is -0.193. The number of carbonyl (C=O) groups is 2. The number of nitrogens with two attached hydrogens (primary N) is 1. The Morgan fingerprint density at radius 1 is 1.07 bits per heavy atom. The number of rotatable bonds is 3. The Balaban J connectivity index is 1.50. The molecule has 0 aliphatic carbocycles. The van der Waals surface area contributed by atoms with Crippen LogP contribution in [0.4, 0.5) is 5.82 Å². The maximum Gasteiger partial charge on any atom is 0.255 e. The van der Waals surface area contributed by atoms with Crippen LogP contribution in [-0.4, -0.2) is 65.5 Å². The Hall–Kier alpha value is -3.19. The molecule has 2 fully saturated rings. The van der Waals surface area contributed by atoms with E-state index in [9.17, 15) is 9.59 Å². The van der Waals surface area contributed by atoms with E-state index in [4.69, 9.17) is 10.5 Å². The Morgan fingerprint density at radius 2 is 1.90 bits per heavy atom. The second-order valence-corrected chi connectivity index (χ2v) is 7.47. The number of amides is 2. The molecule has 2 N–H and O–H groups in total. The number of carbonyl (C=O) groups excluding carboxylic acids is 2. The van der Waals surface area contributed by atoms with Crippen LogP contribution in [0.3, 0.4) is 0 Å². The summed E-state index contributed by atoms with van der Waals surface area (Å²) in [6.45, 7) is 2.52.